The Labute approximate surface area is 156 Å². The van der Waals surface area contributed by atoms with Gasteiger partial charge in [0.2, 0.25) is 6.79 Å². The molecular formula is C21H29N3O2. The summed E-state index contributed by atoms with van der Waals surface area (Å²) in [7, 11) is 0. The van der Waals surface area contributed by atoms with E-state index in [2.05, 4.69) is 47.3 Å². The monoisotopic (exact) mass is 355 g/mol. The summed E-state index contributed by atoms with van der Waals surface area (Å²) in [6, 6.07) is 4.33. The number of fused-ring (bicyclic) bond motifs is 1. The summed E-state index contributed by atoms with van der Waals surface area (Å²) in [5.74, 6) is 2.99. The lowest BCUT2D eigenvalue weighted by atomic mass is 9.83. The first-order valence-electron chi connectivity index (χ1n) is 9.69. The van der Waals surface area contributed by atoms with E-state index in [0.29, 0.717) is 12.2 Å². The lowest BCUT2D eigenvalue weighted by Gasteiger charge is -2.37. The maximum Gasteiger partial charge on any atom is 0.231 e. The molecule has 0 aromatic carbocycles. The Morgan fingerprint density at radius 1 is 1.19 bits per heavy atom. The van der Waals surface area contributed by atoms with Crippen molar-refractivity contribution in [3.63, 3.8) is 0 Å². The van der Waals surface area contributed by atoms with Gasteiger partial charge in [0, 0.05) is 32.4 Å². The summed E-state index contributed by atoms with van der Waals surface area (Å²) >= 11 is 0. The number of rotatable bonds is 5. The molecule has 1 aromatic rings. The number of nitrogens with one attached hydrogen (secondary N) is 1. The van der Waals surface area contributed by atoms with Crippen molar-refractivity contribution in [2.75, 3.05) is 31.3 Å². The number of hydrogen-bond acceptors (Lipinski definition) is 5. The van der Waals surface area contributed by atoms with Crippen LogP contribution in [0.15, 0.2) is 41.5 Å². The standard InChI is InChI=1S/C21H29N3O2/c1-21(2)7-10-24(11-8-21)19-12-16(6-9-23-19)13-22-14-17-4-3-5-18-20(17)26-15-25-18/h5-6,9,12,22H,3-4,7-8,10-11,13-15H2,1-2H3. The first kappa shape index (κ1) is 17.4. The van der Waals surface area contributed by atoms with E-state index >= 15 is 0 Å². The van der Waals surface area contributed by atoms with Crippen molar-refractivity contribution in [2.24, 2.45) is 5.41 Å². The molecule has 26 heavy (non-hydrogen) atoms. The lowest BCUT2D eigenvalue weighted by molar-refractivity contribution is 0.0971. The van der Waals surface area contributed by atoms with E-state index in [-0.39, 0.29) is 0 Å². The van der Waals surface area contributed by atoms with Crippen molar-refractivity contribution in [1.29, 1.82) is 0 Å². The molecular weight excluding hydrogens is 326 g/mol. The van der Waals surface area contributed by atoms with Crippen molar-refractivity contribution in [2.45, 2.75) is 46.1 Å². The lowest BCUT2D eigenvalue weighted by Crippen LogP contribution is -2.37. The van der Waals surface area contributed by atoms with Crippen molar-refractivity contribution in [3.05, 3.63) is 47.1 Å². The molecule has 4 rings (SSSR count). The highest BCUT2D eigenvalue weighted by Gasteiger charge is 2.26. The zero-order valence-corrected chi connectivity index (χ0v) is 15.9. The van der Waals surface area contributed by atoms with Crippen LogP contribution >= 0.6 is 0 Å². The van der Waals surface area contributed by atoms with Crippen LogP contribution in [0.3, 0.4) is 0 Å². The van der Waals surface area contributed by atoms with Crippen molar-refractivity contribution >= 4 is 5.82 Å². The van der Waals surface area contributed by atoms with Gasteiger partial charge >= 0.3 is 0 Å². The minimum Gasteiger partial charge on any atom is -0.454 e. The minimum absolute atomic E-state index is 0.352. The summed E-state index contributed by atoms with van der Waals surface area (Å²) in [6.07, 6.45) is 8.59. The second-order valence-corrected chi connectivity index (χ2v) is 8.22. The van der Waals surface area contributed by atoms with Crippen molar-refractivity contribution < 1.29 is 9.47 Å². The van der Waals surface area contributed by atoms with Gasteiger partial charge in [0.05, 0.1) is 0 Å². The maximum atomic E-state index is 5.62. The van der Waals surface area contributed by atoms with Crippen molar-refractivity contribution in [3.8, 4) is 0 Å². The van der Waals surface area contributed by atoms with E-state index < -0.39 is 0 Å². The van der Waals surface area contributed by atoms with Crippen LogP contribution in [0.1, 0.15) is 45.1 Å². The van der Waals surface area contributed by atoms with Gasteiger partial charge in [-0.05, 0) is 60.4 Å². The van der Waals surface area contributed by atoms with Gasteiger partial charge in [0.25, 0.3) is 0 Å². The largest absolute Gasteiger partial charge is 0.454 e. The smallest absolute Gasteiger partial charge is 0.231 e. The highest BCUT2D eigenvalue weighted by molar-refractivity contribution is 5.41. The fourth-order valence-corrected chi connectivity index (χ4v) is 3.82. The van der Waals surface area contributed by atoms with E-state index in [1.165, 1.54) is 24.0 Å². The average Bonchev–Trinajstić information content (AvgIpc) is 3.12. The number of anilines is 1. The van der Waals surface area contributed by atoms with Crippen LogP contribution in [-0.2, 0) is 16.0 Å². The summed E-state index contributed by atoms with van der Waals surface area (Å²) in [5, 5.41) is 3.56. The third-order valence-corrected chi connectivity index (χ3v) is 5.66. The van der Waals surface area contributed by atoms with Crippen LogP contribution in [0, 0.1) is 5.41 Å². The van der Waals surface area contributed by atoms with Gasteiger partial charge in [-0.3, -0.25) is 0 Å². The van der Waals surface area contributed by atoms with Crippen LogP contribution < -0.4 is 10.2 Å². The van der Waals surface area contributed by atoms with Crippen LogP contribution in [0.2, 0.25) is 0 Å². The van der Waals surface area contributed by atoms with E-state index in [4.69, 9.17) is 9.47 Å². The van der Waals surface area contributed by atoms with Crippen LogP contribution in [0.25, 0.3) is 0 Å². The quantitative estimate of drug-likeness (QED) is 0.872. The molecule has 2 aliphatic heterocycles. The second-order valence-electron chi connectivity index (χ2n) is 8.22. The molecule has 3 heterocycles. The summed E-state index contributed by atoms with van der Waals surface area (Å²) in [4.78, 5) is 7.02. The fraction of sp³-hybridized carbons (Fsp3) is 0.571. The van der Waals surface area contributed by atoms with Gasteiger partial charge in [-0.1, -0.05) is 13.8 Å². The molecule has 0 saturated carbocycles. The molecule has 2 fully saturated rings. The molecule has 5 heteroatoms. The SMILES string of the molecule is CC1(C)CCN(c2cc(CNCC3=C4OCOC4=CCC3)ccn2)CC1. The Balaban J connectivity index is 1.34. The maximum absolute atomic E-state index is 5.62. The molecule has 2 saturated heterocycles. The van der Waals surface area contributed by atoms with E-state index in [1.807, 2.05) is 6.20 Å². The molecule has 0 amide bonds. The topological polar surface area (TPSA) is 46.6 Å². The third kappa shape index (κ3) is 3.88. The van der Waals surface area contributed by atoms with E-state index in [9.17, 15) is 0 Å². The molecule has 0 unspecified atom stereocenters. The average molecular weight is 355 g/mol. The number of ether oxygens (including phenoxy) is 2. The Bertz CT molecular complexity index is 714. The molecule has 140 valence electrons. The number of aromatic nitrogens is 1. The summed E-state index contributed by atoms with van der Waals surface area (Å²) < 4.78 is 11.1. The number of nitrogens with zero attached hydrogens (tertiary/aromatic N) is 2. The Morgan fingerprint density at radius 2 is 2.04 bits per heavy atom. The van der Waals surface area contributed by atoms with Crippen LogP contribution in [0.5, 0.6) is 0 Å². The highest BCUT2D eigenvalue weighted by atomic mass is 16.7. The van der Waals surface area contributed by atoms with Gasteiger partial charge < -0.3 is 19.7 Å². The molecule has 1 N–H and O–H groups in total. The Hall–Kier alpha value is -2.01. The number of allylic oxidation sites excluding steroid dienone is 1. The summed E-state index contributed by atoms with van der Waals surface area (Å²) in [6.45, 7) is 8.94. The molecule has 0 bridgehead atoms. The number of hydrogen-bond donors (Lipinski definition) is 1. The molecule has 0 spiro atoms. The summed E-state index contributed by atoms with van der Waals surface area (Å²) in [5.41, 5.74) is 3.05. The first-order valence-corrected chi connectivity index (χ1v) is 9.69. The third-order valence-electron chi connectivity index (χ3n) is 5.66. The molecule has 1 aliphatic carbocycles. The van der Waals surface area contributed by atoms with E-state index in [1.54, 1.807) is 0 Å². The van der Waals surface area contributed by atoms with Gasteiger partial charge in [-0.15, -0.1) is 0 Å². The molecule has 1 aromatic heterocycles. The molecule has 3 aliphatic rings. The fourth-order valence-electron chi connectivity index (χ4n) is 3.82. The normalized spacial score (nSPS) is 21.8. The van der Waals surface area contributed by atoms with Gasteiger partial charge in [0.1, 0.15) is 5.82 Å². The van der Waals surface area contributed by atoms with Crippen molar-refractivity contribution in [1.82, 2.24) is 10.3 Å². The number of pyridine rings is 1. The van der Waals surface area contributed by atoms with Gasteiger partial charge in [0.15, 0.2) is 11.5 Å². The molecule has 5 nitrogen and oxygen atoms in total. The number of piperidine rings is 1. The highest BCUT2D eigenvalue weighted by Crippen LogP contribution is 2.32. The Morgan fingerprint density at radius 3 is 2.88 bits per heavy atom. The first-order chi connectivity index (χ1) is 12.6. The van der Waals surface area contributed by atoms with Crippen LogP contribution in [0.4, 0.5) is 5.82 Å². The zero-order valence-electron chi connectivity index (χ0n) is 15.9. The predicted octanol–water partition coefficient (Wildman–Crippen LogP) is 3.73. The zero-order chi connectivity index (χ0) is 18.0. The van der Waals surface area contributed by atoms with E-state index in [0.717, 1.165) is 56.4 Å². The van der Waals surface area contributed by atoms with Gasteiger partial charge in [-0.25, -0.2) is 4.98 Å². The molecule has 0 radical (unpaired) electrons. The second kappa shape index (κ2) is 7.31. The Kier molecular flexibility index (Phi) is 4.90. The molecule has 0 atom stereocenters. The van der Waals surface area contributed by atoms with Crippen LogP contribution in [-0.4, -0.2) is 31.4 Å². The minimum atomic E-state index is 0.352. The van der Waals surface area contributed by atoms with Gasteiger partial charge in [-0.2, -0.15) is 0 Å². The predicted molar refractivity (Wildman–Crippen MR) is 103 cm³/mol.